The van der Waals surface area contributed by atoms with Gasteiger partial charge in [-0.2, -0.15) is 0 Å². The summed E-state index contributed by atoms with van der Waals surface area (Å²) in [5.41, 5.74) is 5.83. The molecule has 92 valence electrons. The van der Waals surface area contributed by atoms with Crippen LogP contribution in [0.4, 0.5) is 0 Å². The predicted molar refractivity (Wildman–Crippen MR) is 64.9 cm³/mol. The van der Waals surface area contributed by atoms with Crippen molar-refractivity contribution in [3.8, 4) is 0 Å². The van der Waals surface area contributed by atoms with Gasteiger partial charge in [0, 0.05) is 18.6 Å². The number of fused-ring (bicyclic) bond motifs is 1. The Morgan fingerprint density at radius 1 is 1.25 bits per heavy atom. The summed E-state index contributed by atoms with van der Waals surface area (Å²) in [6, 6.07) is 0.497. The van der Waals surface area contributed by atoms with Crippen LogP contribution in [0.1, 0.15) is 46.0 Å². The Kier molecular flexibility index (Phi) is 3.53. The van der Waals surface area contributed by atoms with Crippen LogP contribution in [-0.2, 0) is 4.79 Å². The maximum absolute atomic E-state index is 12.3. The first-order valence-corrected chi connectivity index (χ1v) is 6.67. The minimum absolute atomic E-state index is 0.0284. The zero-order chi connectivity index (χ0) is 11.7. The summed E-state index contributed by atoms with van der Waals surface area (Å²) >= 11 is 0. The Hall–Kier alpha value is -0.570. The number of amides is 1. The third-order valence-electron chi connectivity index (χ3n) is 4.45. The van der Waals surface area contributed by atoms with Crippen molar-refractivity contribution in [2.75, 3.05) is 6.54 Å². The van der Waals surface area contributed by atoms with Gasteiger partial charge in [-0.15, -0.1) is 0 Å². The highest BCUT2D eigenvalue weighted by atomic mass is 16.2. The molecule has 1 saturated heterocycles. The van der Waals surface area contributed by atoms with E-state index in [-0.39, 0.29) is 17.9 Å². The zero-order valence-corrected chi connectivity index (χ0v) is 10.5. The number of hydrogen-bond donors (Lipinski definition) is 1. The summed E-state index contributed by atoms with van der Waals surface area (Å²) in [5.74, 6) is 1.03. The topological polar surface area (TPSA) is 46.3 Å². The van der Waals surface area contributed by atoms with Crippen molar-refractivity contribution >= 4 is 5.91 Å². The number of carbonyl (C=O) groups is 1. The van der Waals surface area contributed by atoms with Crippen molar-refractivity contribution in [3.05, 3.63) is 0 Å². The molecule has 0 spiro atoms. The fraction of sp³-hybridized carbons (Fsp3) is 0.923. The predicted octanol–water partition coefficient (Wildman–Crippen LogP) is 1.76. The number of likely N-dealkylation sites (tertiary alicyclic amines) is 1. The first-order valence-electron chi connectivity index (χ1n) is 6.67. The van der Waals surface area contributed by atoms with E-state index < -0.39 is 0 Å². The minimum atomic E-state index is -0.0331. The Labute approximate surface area is 98.4 Å². The van der Waals surface area contributed by atoms with Crippen LogP contribution in [0.15, 0.2) is 0 Å². The molecule has 2 rings (SSSR count). The standard InChI is InChI=1S/C13H24N2O/c1-9(10(2)14)13(16)15-8-4-6-11-5-3-7-12(11)15/h9-12H,3-8,14H2,1-2H3. The molecule has 0 aromatic rings. The van der Waals surface area contributed by atoms with Crippen LogP contribution in [0.3, 0.4) is 0 Å². The number of rotatable bonds is 2. The molecule has 4 unspecified atom stereocenters. The molecule has 1 heterocycles. The van der Waals surface area contributed by atoms with Crippen LogP contribution in [0.2, 0.25) is 0 Å². The molecule has 1 aliphatic carbocycles. The molecule has 1 aliphatic heterocycles. The molecule has 16 heavy (non-hydrogen) atoms. The van der Waals surface area contributed by atoms with E-state index in [1.807, 2.05) is 13.8 Å². The van der Waals surface area contributed by atoms with Crippen LogP contribution >= 0.6 is 0 Å². The second-order valence-corrected chi connectivity index (χ2v) is 5.58. The Balaban J connectivity index is 2.05. The lowest BCUT2D eigenvalue weighted by Gasteiger charge is -2.39. The van der Waals surface area contributed by atoms with E-state index in [0.29, 0.717) is 6.04 Å². The fourth-order valence-electron chi connectivity index (χ4n) is 3.21. The highest BCUT2D eigenvalue weighted by Gasteiger charge is 2.38. The van der Waals surface area contributed by atoms with E-state index in [1.165, 1.54) is 32.1 Å². The summed E-state index contributed by atoms with van der Waals surface area (Å²) in [5, 5.41) is 0. The van der Waals surface area contributed by atoms with Gasteiger partial charge in [0.05, 0.1) is 5.92 Å². The summed E-state index contributed by atoms with van der Waals surface area (Å²) in [4.78, 5) is 14.5. The van der Waals surface area contributed by atoms with Crippen molar-refractivity contribution in [1.29, 1.82) is 0 Å². The Morgan fingerprint density at radius 2 is 1.94 bits per heavy atom. The van der Waals surface area contributed by atoms with Crippen molar-refractivity contribution in [2.45, 2.75) is 58.0 Å². The molecular weight excluding hydrogens is 200 g/mol. The highest BCUT2D eigenvalue weighted by Crippen LogP contribution is 2.37. The first kappa shape index (κ1) is 11.9. The largest absolute Gasteiger partial charge is 0.339 e. The SMILES string of the molecule is CC(N)C(C)C(=O)N1CCCC2CCCC21. The molecular formula is C13H24N2O. The van der Waals surface area contributed by atoms with Crippen molar-refractivity contribution < 1.29 is 4.79 Å². The number of nitrogens with zero attached hydrogens (tertiary/aromatic N) is 1. The van der Waals surface area contributed by atoms with Gasteiger partial charge >= 0.3 is 0 Å². The van der Waals surface area contributed by atoms with Crippen LogP contribution in [0.5, 0.6) is 0 Å². The van der Waals surface area contributed by atoms with Crippen molar-refractivity contribution in [2.24, 2.45) is 17.6 Å². The quantitative estimate of drug-likeness (QED) is 0.777. The van der Waals surface area contributed by atoms with Crippen molar-refractivity contribution in [1.82, 2.24) is 4.90 Å². The average Bonchev–Trinajstić information content (AvgIpc) is 2.74. The molecule has 2 aliphatic rings. The van der Waals surface area contributed by atoms with E-state index in [2.05, 4.69) is 4.90 Å². The molecule has 0 radical (unpaired) electrons. The Bertz CT molecular complexity index is 265. The highest BCUT2D eigenvalue weighted by molar-refractivity contribution is 5.79. The van der Waals surface area contributed by atoms with Gasteiger partial charge < -0.3 is 10.6 Å². The van der Waals surface area contributed by atoms with E-state index in [9.17, 15) is 4.79 Å². The summed E-state index contributed by atoms with van der Waals surface area (Å²) in [6.07, 6.45) is 6.33. The minimum Gasteiger partial charge on any atom is -0.339 e. The van der Waals surface area contributed by atoms with Gasteiger partial charge in [0.25, 0.3) is 0 Å². The van der Waals surface area contributed by atoms with Crippen LogP contribution in [0, 0.1) is 11.8 Å². The third kappa shape index (κ3) is 2.10. The van der Waals surface area contributed by atoms with E-state index in [4.69, 9.17) is 5.73 Å². The fourth-order valence-corrected chi connectivity index (χ4v) is 3.21. The van der Waals surface area contributed by atoms with E-state index in [0.717, 1.165) is 12.5 Å². The van der Waals surface area contributed by atoms with Gasteiger partial charge in [-0.1, -0.05) is 13.3 Å². The van der Waals surface area contributed by atoms with Crippen LogP contribution < -0.4 is 5.73 Å². The van der Waals surface area contributed by atoms with E-state index >= 15 is 0 Å². The lowest BCUT2D eigenvalue weighted by molar-refractivity contribution is -0.140. The smallest absolute Gasteiger partial charge is 0.227 e. The molecule has 3 heteroatoms. The molecule has 3 nitrogen and oxygen atoms in total. The van der Waals surface area contributed by atoms with Gasteiger partial charge in [0.2, 0.25) is 5.91 Å². The monoisotopic (exact) mass is 224 g/mol. The average molecular weight is 224 g/mol. The van der Waals surface area contributed by atoms with Gasteiger partial charge in [-0.05, 0) is 38.5 Å². The molecule has 0 aromatic carbocycles. The zero-order valence-electron chi connectivity index (χ0n) is 10.5. The number of carbonyl (C=O) groups excluding carboxylic acids is 1. The molecule has 0 bridgehead atoms. The Morgan fingerprint density at radius 3 is 2.62 bits per heavy atom. The normalized spacial score (nSPS) is 33.3. The summed E-state index contributed by atoms with van der Waals surface area (Å²) < 4.78 is 0. The maximum Gasteiger partial charge on any atom is 0.227 e. The molecule has 2 fully saturated rings. The van der Waals surface area contributed by atoms with Gasteiger partial charge in [0.15, 0.2) is 0 Å². The van der Waals surface area contributed by atoms with Crippen molar-refractivity contribution in [3.63, 3.8) is 0 Å². The molecule has 1 saturated carbocycles. The molecule has 1 amide bonds. The number of nitrogens with two attached hydrogens (primary N) is 1. The second-order valence-electron chi connectivity index (χ2n) is 5.58. The number of hydrogen-bond acceptors (Lipinski definition) is 2. The lowest BCUT2D eigenvalue weighted by atomic mass is 9.90. The summed E-state index contributed by atoms with van der Waals surface area (Å²) in [7, 11) is 0. The molecule has 0 aromatic heterocycles. The maximum atomic E-state index is 12.3. The van der Waals surface area contributed by atoms with E-state index in [1.54, 1.807) is 0 Å². The lowest BCUT2D eigenvalue weighted by Crippen LogP contribution is -2.50. The second kappa shape index (κ2) is 4.74. The van der Waals surface area contributed by atoms with Gasteiger partial charge in [0.1, 0.15) is 0 Å². The molecule has 4 atom stereocenters. The first-order chi connectivity index (χ1) is 7.61. The number of piperidine rings is 1. The summed E-state index contributed by atoms with van der Waals surface area (Å²) in [6.45, 7) is 4.85. The van der Waals surface area contributed by atoms with Crippen LogP contribution in [-0.4, -0.2) is 29.4 Å². The van der Waals surface area contributed by atoms with Crippen LogP contribution in [0.25, 0.3) is 0 Å². The molecule has 2 N–H and O–H groups in total. The van der Waals surface area contributed by atoms with Gasteiger partial charge in [-0.3, -0.25) is 4.79 Å². The third-order valence-corrected chi connectivity index (χ3v) is 4.45. The van der Waals surface area contributed by atoms with Gasteiger partial charge in [-0.25, -0.2) is 0 Å².